The van der Waals surface area contributed by atoms with Crippen LogP contribution >= 0.6 is 22.7 Å². The van der Waals surface area contributed by atoms with E-state index in [1.165, 1.54) is 94.8 Å². The van der Waals surface area contributed by atoms with E-state index in [0.717, 1.165) is 33.2 Å². The Labute approximate surface area is 255 Å². The predicted molar refractivity (Wildman–Crippen MR) is 179 cm³/mol. The summed E-state index contributed by atoms with van der Waals surface area (Å²) in [5.74, 6) is 0. The van der Waals surface area contributed by atoms with E-state index in [2.05, 4.69) is 54.5 Å². The Morgan fingerprint density at radius 3 is 1.45 bits per heavy atom. The Kier molecular flexibility index (Phi) is 12.7. The van der Waals surface area contributed by atoms with Crippen LogP contribution in [0, 0.1) is 0 Å². The summed E-state index contributed by atoms with van der Waals surface area (Å²) in [6, 6.07) is 4.11. The van der Waals surface area contributed by atoms with Crippen molar-refractivity contribution >= 4 is 38.4 Å². The average molecular weight is 608 g/mol. The third kappa shape index (κ3) is 9.07. The minimum absolute atomic E-state index is 0.00400. The number of sulfonamides is 1. The van der Waals surface area contributed by atoms with Crippen LogP contribution in [0.1, 0.15) is 161 Å². The van der Waals surface area contributed by atoms with Crippen LogP contribution in [-0.4, -0.2) is 15.0 Å². The van der Waals surface area contributed by atoms with Crippen LogP contribution in [0.3, 0.4) is 0 Å². The lowest BCUT2D eigenvalue weighted by molar-refractivity contribution is 0.529. The second-order valence-electron chi connectivity index (χ2n) is 14.0. The van der Waals surface area contributed by atoms with E-state index in [4.69, 9.17) is 0 Å². The maximum absolute atomic E-state index is 13.9. The molecule has 2 aromatic heterocycles. The molecule has 0 unspecified atom stereocenters. The number of anilines is 1. The summed E-state index contributed by atoms with van der Waals surface area (Å²) in [6.07, 6.45) is 21.2. The molecule has 1 aliphatic rings. The molecule has 0 radical (unpaired) electrons. The molecular weight excluding hydrogens is 551 g/mol. The lowest BCUT2D eigenvalue weighted by atomic mass is 9.94. The van der Waals surface area contributed by atoms with Crippen molar-refractivity contribution in [3.8, 4) is 9.75 Å². The van der Waals surface area contributed by atoms with Crippen LogP contribution < -0.4 is 4.31 Å². The first kappa shape index (κ1) is 33.6. The van der Waals surface area contributed by atoms with E-state index in [-0.39, 0.29) is 10.8 Å². The van der Waals surface area contributed by atoms with E-state index in [0.29, 0.717) is 11.4 Å². The van der Waals surface area contributed by atoms with Crippen LogP contribution in [0.4, 0.5) is 5.69 Å². The predicted octanol–water partition coefficient (Wildman–Crippen LogP) is 11.8. The maximum atomic E-state index is 13.9. The van der Waals surface area contributed by atoms with E-state index < -0.39 is 10.0 Å². The van der Waals surface area contributed by atoms with Gasteiger partial charge in [0.25, 0.3) is 10.0 Å². The molecule has 0 saturated carbocycles. The average Bonchev–Trinajstić information content (AvgIpc) is 3.51. The molecule has 3 rings (SSSR count). The van der Waals surface area contributed by atoms with Gasteiger partial charge in [0.1, 0.15) is 4.90 Å². The Bertz CT molecular complexity index is 1140. The number of unbranched alkanes of at least 4 members (excludes halogenated alkanes) is 15. The van der Waals surface area contributed by atoms with Gasteiger partial charge in [-0.25, -0.2) is 8.42 Å². The zero-order chi connectivity index (χ0) is 29.4. The van der Waals surface area contributed by atoms with E-state index in [9.17, 15) is 8.42 Å². The van der Waals surface area contributed by atoms with Gasteiger partial charge in [0.05, 0.1) is 15.4 Å². The number of fused-ring (bicyclic) bond motifs is 3. The van der Waals surface area contributed by atoms with Crippen molar-refractivity contribution in [1.82, 2.24) is 0 Å². The fourth-order valence-electron chi connectivity index (χ4n) is 5.49. The maximum Gasteiger partial charge on any atom is 0.265 e. The zero-order valence-electron chi connectivity index (χ0n) is 26.7. The fraction of sp³-hybridized carbons (Fsp3) is 0.765. The van der Waals surface area contributed by atoms with Crippen LogP contribution in [0.15, 0.2) is 17.0 Å². The van der Waals surface area contributed by atoms with Gasteiger partial charge in [0, 0.05) is 16.3 Å². The lowest BCUT2D eigenvalue weighted by Crippen LogP contribution is -2.34. The van der Waals surface area contributed by atoms with Gasteiger partial charge in [-0.3, -0.25) is 4.31 Å². The summed E-state index contributed by atoms with van der Waals surface area (Å²) in [7, 11) is -3.54. The van der Waals surface area contributed by atoms with E-state index >= 15 is 0 Å². The van der Waals surface area contributed by atoms with E-state index in [1.54, 1.807) is 27.0 Å². The van der Waals surface area contributed by atoms with Gasteiger partial charge in [-0.1, -0.05) is 145 Å². The van der Waals surface area contributed by atoms with Crippen LogP contribution in [-0.2, 0) is 20.9 Å². The second kappa shape index (κ2) is 15.0. The molecule has 0 aliphatic carbocycles. The molecule has 1 aliphatic heterocycles. The largest absolute Gasteiger partial charge is 0.265 e. The molecule has 0 bridgehead atoms. The number of hydrogen-bond acceptors (Lipinski definition) is 4. The topological polar surface area (TPSA) is 37.4 Å². The number of nitrogens with zero attached hydrogens (tertiary/aromatic N) is 1. The first-order chi connectivity index (χ1) is 18.9. The molecule has 228 valence electrons. The van der Waals surface area contributed by atoms with Crippen molar-refractivity contribution in [1.29, 1.82) is 0 Å². The molecule has 0 atom stereocenters. The standard InChI is InChI=1S/C34H57NO2S3/c1-8-9-10-11-12-13-14-15-16-17-18-19-20-21-22-23-24-35-27-25-29(33(2,3)4)38-31(27)32-28(40(35,36)37)26-30(39-32)34(5,6)7/h25-26H,8-24H2,1-7H3. The number of thiophene rings is 2. The quantitative estimate of drug-likeness (QED) is 0.168. The van der Waals surface area contributed by atoms with Crippen molar-refractivity contribution in [2.45, 2.75) is 167 Å². The van der Waals surface area contributed by atoms with Gasteiger partial charge in [0.15, 0.2) is 0 Å². The molecule has 0 N–H and O–H groups in total. The SMILES string of the molecule is CCCCCCCCCCCCCCCCCCN1c2cc(C(C)(C)C)sc2-c2sc(C(C)(C)C)cc2S1(=O)=O. The second-order valence-corrected chi connectivity index (χ2v) is 17.9. The molecule has 3 nitrogen and oxygen atoms in total. The Morgan fingerprint density at radius 1 is 0.600 bits per heavy atom. The van der Waals surface area contributed by atoms with Gasteiger partial charge < -0.3 is 0 Å². The third-order valence-corrected chi connectivity index (χ3v) is 13.4. The Morgan fingerprint density at radius 2 is 1.00 bits per heavy atom. The fourth-order valence-corrected chi connectivity index (χ4v) is 10.2. The molecule has 0 amide bonds. The van der Waals surface area contributed by atoms with Gasteiger partial charge in [0.2, 0.25) is 0 Å². The third-order valence-electron chi connectivity index (χ3n) is 8.15. The van der Waals surface area contributed by atoms with Crippen molar-refractivity contribution in [3.05, 3.63) is 21.9 Å². The smallest absolute Gasteiger partial charge is 0.265 e. The summed E-state index contributed by atoms with van der Waals surface area (Å²) >= 11 is 3.45. The summed E-state index contributed by atoms with van der Waals surface area (Å²) in [6.45, 7) is 16.0. The van der Waals surface area contributed by atoms with Gasteiger partial charge >= 0.3 is 0 Å². The van der Waals surface area contributed by atoms with Crippen molar-refractivity contribution < 1.29 is 8.42 Å². The van der Waals surface area contributed by atoms with Crippen molar-refractivity contribution in [2.24, 2.45) is 0 Å². The molecule has 0 spiro atoms. The highest BCUT2D eigenvalue weighted by molar-refractivity contribution is 7.93. The van der Waals surface area contributed by atoms with E-state index in [1.807, 2.05) is 6.07 Å². The van der Waals surface area contributed by atoms with Crippen molar-refractivity contribution in [3.63, 3.8) is 0 Å². The summed E-state index contributed by atoms with van der Waals surface area (Å²) in [5.41, 5.74) is 0.835. The highest BCUT2D eigenvalue weighted by Gasteiger charge is 2.40. The van der Waals surface area contributed by atoms with Gasteiger partial charge in [-0.05, 0) is 29.4 Å². The molecule has 3 heterocycles. The van der Waals surface area contributed by atoms with Crippen LogP contribution in [0.25, 0.3) is 9.75 Å². The molecule has 2 aromatic rings. The summed E-state index contributed by atoms with van der Waals surface area (Å²) in [4.78, 5) is 5.01. The summed E-state index contributed by atoms with van der Waals surface area (Å²) < 4.78 is 29.5. The highest BCUT2D eigenvalue weighted by Crippen LogP contribution is 2.54. The first-order valence-corrected chi connectivity index (χ1v) is 19.3. The van der Waals surface area contributed by atoms with Gasteiger partial charge in [-0.15, -0.1) is 22.7 Å². The molecule has 6 heteroatoms. The number of hydrogen-bond donors (Lipinski definition) is 0. The van der Waals surface area contributed by atoms with Crippen LogP contribution in [0.5, 0.6) is 0 Å². The minimum Gasteiger partial charge on any atom is -0.265 e. The summed E-state index contributed by atoms with van der Waals surface area (Å²) in [5, 5.41) is 0. The molecule has 0 saturated heterocycles. The normalized spacial score (nSPS) is 14.9. The Hall–Kier alpha value is -0.850. The molecular formula is C34H57NO2S3. The molecule has 0 aromatic carbocycles. The lowest BCUT2D eigenvalue weighted by Gasteiger charge is -2.28. The van der Waals surface area contributed by atoms with Gasteiger partial charge in [-0.2, -0.15) is 0 Å². The zero-order valence-corrected chi connectivity index (χ0v) is 29.1. The minimum atomic E-state index is -3.54. The monoisotopic (exact) mass is 607 g/mol. The Balaban J connectivity index is 1.46. The highest BCUT2D eigenvalue weighted by atomic mass is 32.2. The molecule has 40 heavy (non-hydrogen) atoms. The van der Waals surface area contributed by atoms with Crippen LogP contribution in [0.2, 0.25) is 0 Å². The first-order valence-electron chi connectivity index (χ1n) is 16.2. The molecule has 0 fully saturated rings. The van der Waals surface area contributed by atoms with Crippen molar-refractivity contribution in [2.75, 3.05) is 10.8 Å². The number of rotatable bonds is 17.